The van der Waals surface area contributed by atoms with Gasteiger partial charge in [-0.2, -0.15) is 0 Å². The molecule has 0 aromatic heterocycles. The molecule has 2 atom stereocenters. The number of aliphatic imine (C=N–C) groups is 1. The summed E-state index contributed by atoms with van der Waals surface area (Å²) in [4.78, 5) is 18.3. The summed E-state index contributed by atoms with van der Waals surface area (Å²) in [6.07, 6.45) is 1.02. The lowest BCUT2D eigenvalue weighted by atomic mass is 9.99. The molecule has 1 saturated heterocycles. The van der Waals surface area contributed by atoms with Gasteiger partial charge in [0.2, 0.25) is 0 Å². The van der Waals surface area contributed by atoms with Crippen molar-refractivity contribution >= 4 is 35.9 Å². The average Bonchev–Trinajstić information content (AvgIpc) is 2.96. The van der Waals surface area contributed by atoms with Gasteiger partial charge >= 0.3 is 5.97 Å². The molecule has 1 N–H and O–H groups in total. The van der Waals surface area contributed by atoms with E-state index in [4.69, 9.17) is 4.74 Å². The number of carbonyl (C=O) groups is 1. The number of nitrogens with one attached hydrogen (secondary N) is 1. The minimum Gasteiger partial charge on any atom is -0.469 e. The van der Waals surface area contributed by atoms with Crippen molar-refractivity contribution in [1.29, 1.82) is 0 Å². The van der Waals surface area contributed by atoms with Crippen molar-refractivity contribution in [3.8, 4) is 0 Å². The smallest absolute Gasteiger partial charge is 0.310 e. The molecule has 1 aliphatic heterocycles. The standard InChI is InChI=1S/C18H27N3O2.HI/c1-5-14-8-6-7-9-15(14)10-20-18(19-3)21-11-13(2)16(12-21)17(22)23-4;/h6-9,13,16H,5,10-12H2,1-4H3,(H,19,20);1H. The van der Waals surface area contributed by atoms with E-state index >= 15 is 0 Å². The molecule has 1 aromatic carbocycles. The third kappa shape index (κ3) is 4.84. The molecule has 2 unspecified atom stereocenters. The Labute approximate surface area is 161 Å². The van der Waals surface area contributed by atoms with Gasteiger partial charge in [0.25, 0.3) is 0 Å². The van der Waals surface area contributed by atoms with E-state index in [9.17, 15) is 4.79 Å². The van der Waals surface area contributed by atoms with Crippen LogP contribution in [0.3, 0.4) is 0 Å². The molecule has 6 heteroatoms. The maximum absolute atomic E-state index is 11.8. The predicted octanol–water partition coefficient (Wildman–Crippen LogP) is 2.68. The summed E-state index contributed by atoms with van der Waals surface area (Å²) in [5.74, 6) is 0.895. The Hall–Kier alpha value is -1.31. The van der Waals surface area contributed by atoms with Crippen molar-refractivity contribution in [2.75, 3.05) is 27.2 Å². The summed E-state index contributed by atoms with van der Waals surface area (Å²) in [6, 6.07) is 8.43. The number of ether oxygens (including phenoxy) is 1. The number of rotatable bonds is 4. The molecule has 0 bridgehead atoms. The summed E-state index contributed by atoms with van der Waals surface area (Å²) in [5.41, 5.74) is 2.63. The Morgan fingerprint density at radius 2 is 2.00 bits per heavy atom. The molecule has 2 rings (SSSR count). The number of guanidine groups is 1. The largest absolute Gasteiger partial charge is 0.469 e. The lowest BCUT2D eigenvalue weighted by molar-refractivity contribution is -0.145. The summed E-state index contributed by atoms with van der Waals surface area (Å²) in [6.45, 7) is 6.46. The fourth-order valence-corrected chi connectivity index (χ4v) is 3.18. The van der Waals surface area contributed by atoms with Gasteiger partial charge in [0.05, 0.1) is 13.0 Å². The minimum atomic E-state index is -0.133. The molecule has 5 nitrogen and oxygen atoms in total. The molecule has 1 aromatic rings. The molecule has 24 heavy (non-hydrogen) atoms. The van der Waals surface area contributed by atoms with Crippen molar-refractivity contribution in [3.05, 3.63) is 35.4 Å². The maximum Gasteiger partial charge on any atom is 0.310 e. The van der Waals surface area contributed by atoms with E-state index in [1.54, 1.807) is 7.05 Å². The van der Waals surface area contributed by atoms with Gasteiger partial charge in [0.1, 0.15) is 0 Å². The van der Waals surface area contributed by atoms with Crippen molar-refractivity contribution < 1.29 is 9.53 Å². The van der Waals surface area contributed by atoms with Gasteiger partial charge in [0, 0.05) is 26.7 Å². The molecule has 0 radical (unpaired) electrons. The van der Waals surface area contributed by atoms with Gasteiger partial charge < -0.3 is 15.0 Å². The lowest BCUT2D eigenvalue weighted by Gasteiger charge is -2.22. The van der Waals surface area contributed by atoms with E-state index in [2.05, 4.69) is 53.3 Å². The number of hydrogen-bond acceptors (Lipinski definition) is 3. The summed E-state index contributed by atoms with van der Waals surface area (Å²) in [5, 5.41) is 3.42. The Balaban J connectivity index is 0.00000288. The Morgan fingerprint density at radius 3 is 2.58 bits per heavy atom. The maximum atomic E-state index is 11.8. The van der Waals surface area contributed by atoms with E-state index in [-0.39, 0.29) is 41.8 Å². The molecule has 0 saturated carbocycles. The summed E-state index contributed by atoms with van der Waals surface area (Å²) < 4.78 is 4.90. The topological polar surface area (TPSA) is 53.9 Å². The van der Waals surface area contributed by atoms with Crippen molar-refractivity contribution in [2.24, 2.45) is 16.8 Å². The molecule has 134 valence electrons. The molecular weight excluding hydrogens is 417 g/mol. The van der Waals surface area contributed by atoms with E-state index in [1.165, 1.54) is 18.2 Å². The van der Waals surface area contributed by atoms with Crippen molar-refractivity contribution in [3.63, 3.8) is 0 Å². The number of methoxy groups -OCH3 is 1. The molecular formula is C18H28IN3O2. The Bertz CT molecular complexity index is 577. The highest BCUT2D eigenvalue weighted by molar-refractivity contribution is 14.0. The number of nitrogens with zero attached hydrogens (tertiary/aromatic N) is 2. The zero-order valence-corrected chi connectivity index (χ0v) is 17.2. The van der Waals surface area contributed by atoms with Crippen LogP contribution in [0.15, 0.2) is 29.3 Å². The van der Waals surface area contributed by atoms with Crippen LogP contribution in [-0.2, 0) is 22.5 Å². The first-order valence-corrected chi connectivity index (χ1v) is 8.20. The molecule has 1 fully saturated rings. The third-order valence-electron chi connectivity index (χ3n) is 4.56. The first-order valence-electron chi connectivity index (χ1n) is 8.20. The molecule has 0 amide bonds. The highest BCUT2D eigenvalue weighted by atomic mass is 127. The molecule has 0 spiro atoms. The predicted molar refractivity (Wildman–Crippen MR) is 108 cm³/mol. The van der Waals surface area contributed by atoms with Gasteiger partial charge in [-0.25, -0.2) is 0 Å². The normalized spacial score (nSPS) is 20.5. The quantitative estimate of drug-likeness (QED) is 0.335. The van der Waals surface area contributed by atoms with Crippen LogP contribution in [0.5, 0.6) is 0 Å². The van der Waals surface area contributed by atoms with Crippen LogP contribution in [0.25, 0.3) is 0 Å². The summed E-state index contributed by atoms with van der Waals surface area (Å²) in [7, 11) is 3.23. The van der Waals surface area contributed by atoms with Crippen LogP contribution >= 0.6 is 24.0 Å². The summed E-state index contributed by atoms with van der Waals surface area (Å²) >= 11 is 0. The highest BCUT2D eigenvalue weighted by Crippen LogP contribution is 2.24. The Kier molecular flexibility index (Phi) is 8.52. The monoisotopic (exact) mass is 445 g/mol. The van der Waals surface area contributed by atoms with Crippen LogP contribution in [0, 0.1) is 11.8 Å². The number of hydrogen-bond donors (Lipinski definition) is 1. The zero-order valence-electron chi connectivity index (χ0n) is 14.9. The Morgan fingerprint density at radius 1 is 1.33 bits per heavy atom. The van der Waals surface area contributed by atoms with Gasteiger partial charge in [-0.15, -0.1) is 24.0 Å². The second-order valence-corrected chi connectivity index (χ2v) is 6.03. The lowest BCUT2D eigenvalue weighted by Crippen LogP contribution is -2.40. The van der Waals surface area contributed by atoms with Gasteiger partial charge in [-0.1, -0.05) is 38.1 Å². The van der Waals surface area contributed by atoms with Crippen LogP contribution in [0.1, 0.15) is 25.0 Å². The van der Waals surface area contributed by atoms with Gasteiger partial charge in [-0.05, 0) is 23.5 Å². The van der Waals surface area contributed by atoms with E-state index in [0.717, 1.165) is 25.5 Å². The number of aryl methyl sites for hydroxylation is 1. The fraction of sp³-hybridized carbons (Fsp3) is 0.556. The van der Waals surface area contributed by atoms with E-state index < -0.39 is 0 Å². The van der Waals surface area contributed by atoms with Gasteiger partial charge in [-0.3, -0.25) is 9.79 Å². The number of halogens is 1. The number of benzene rings is 1. The van der Waals surface area contributed by atoms with Crippen LogP contribution in [0.2, 0.25) is 0 Å². The first-order chi connectivity index (χ1) is 11.1. The SMILES string of the molecule is CCc1ccccc1CNC(=NC)N1CC(C)C(C(=O)OC)C1.I. The zero-order chi connectivity index (χ0) is 16.8. The second-order valence-electron chi connectivity index (χ2n) is 6.03. The highest BCUT2D eigenvalue weighted by Gasteiger charge is 2.36. The van der Waals surface area contributed by atoms with Crippen LogP contribution < -0.4 is 5.32 Å². The van der Waals surface area contributed by atoms with Crippen LogP contribution in [0.4, 0.5) is 0 Å². The average molecular weight is 445 g/mol. The van der Waals surface area contributed by atoms with E-state index in [1.807, 2.05) is 0 Å². The molecule has 1 heterocycles. The van der Waals surface area contributed by atoms with Crippen molar-refractivity contribution in [2.45, 2.75) is 26.8 Å². The number of carbonyl (C=O) groups excluding carboxylic acids is 1. The van der Waals surface area contributed by atoms with E-state index in [0.29, 0.717) is 6.54 Å². The molecule has 1 aliphatic rings. The number of esters is 1. The number of likely N-dealkylation sites (tertiary alicyclic amines) is 1. The molecule has 0 aliphatic carbocycles. The first kappa shape index (κ1) is 20.7. The minimum absolute atomic E-state index is 0. The fourth-order valence-electron chi connectivity index (χ4n) is 3.18. The van der Waals surface area contributed by atoms with Crippen LogP contribution in [-0.4, -0.2) is 44.1 Å². The third-order valence-corrected chi connectivity index (χ3v) is 4.56. The second kappa shape index (κ2) is 9.86. The van der Waals surface area contributed by atoms with Crippen molar-refractivity contribution in [1.82, 2.24) is 10.2 Å². The van der Waals surface area contributed by atoms with Gasteiger partial charge in [0.15, 0.2) is 5.96 Å².